The Labute approximate surface area is 108 Å². The third kappa shape index (κ3) is 3.93. The average molecular weight is 256 g/mol. The number of aliphatic hydroxyl groups excluding tert-OH is 1. The van der Waals surface area contributed by atoms with Gasteiger partial charge in [0, 0.05) is 19.1 Å². The predicted molar refractivity (Wildman–Crippen MR) is 68.3 cm³/mol. The van der Waals surface area contributed by atoms with E-state index in [9.17, 15) is 4.79 Å². The summed E-state index contributed by atoms with van der Waals surface area (Å²) in [6, 6.07) is 0.379. The van der Waals surface area contributed by atoms with Crippen LogP contribution in [0, 0.1) is 0 Å². The fourth-order valence-corrected chi connectivity index (χ4v) is 2.92. The second-order valence-electron chi connectivity index (χ2n) is 5.49. The molecule has 2 fully saturated rings. The number of amides is 1. The van der Waals surface area contributed by atoms with Crippen molar-refractivity contribution >= 4 is 5.91 Å². The fourth-order valence-electron chi connectivity index (χ4n) is 2.92. The van der Waals surface area contributed by atoms with Crippen LogP contribution in [0.4, 0.5) is 0 Å². The molecule has 0 radical (unpaired) electrons. The second-order valence-corrected chi connectivity index (χ2v) is 5.49. The summed E-state index contributed by atoms with van der Waals surface area (Å²) < 4.78 is 5.56. The highest BCUT2D eigenvalue weighted by atomic mass is 16.5. The van der Waals surface area contributed by atoms with Crippen LogP contribution in [0.25, 0.3) is 0 Å². The first-order valence-corrected chi connectivity index (χ1v) is 6.95. The van der Waals surface area contributed by atoms with Crippen molar-refractivity contribution in [3.8, 4) is 0 Å². The lowest BCUT2D eigenvalue weighted by Crippen LogP contribution is -2.51. The van der Waals surface area contributed by atoms with Crippen LogP contribution in [0.5, 0.6) is 0 Å². The van der Waals surface area contributed by atoms with Gasteiger partial charge in [0.15, 0.2) is 0 Å². The topological polar surface area (TPSA) is 61.8 Å². The van der Waals surface area contributed by atoms with Gasteiger partial charge in [-0.3, -0.25) is 9.69 Å². The monoisotopic (exact) mass is 256 g/mol. The van der Waals surface area contributed by atoms with Crippen molar-refractivity contribution in [3.63, 3.8) is 0 Å². The maximum absolute atomic E-state index is 11.9. The standard InChI is InChI=1S/C13H24N2O3/c1-10-6-15(7-12(9-16)18-10)8-13(17)14-11-4-2-3-5-11/h10-12,16H,2-9H2,1H3,(H,14,17). The maximum atomic E-state index is 11.9. The molecular formula is C13H24N2O3. The van der Waals surface area contributed by atoms with Gasteiger partial charge in [-0.25, -0.2) is 0 Å². The average Bonchev–Trinajstić information content (AvgIpc) is 2.80. The molecule has 1 aliphatic carbocycles. The van der Waals surface area contributed by atoms with Crippen molar-refractivity contribution in [3.05, 3.63) is 0 Å². The van der Waals surface area contributed by atoms with Gasteiger partial charge < -0.3 is 15.2 Å². The van der Waals surface area contributed by atoms with E-state index in [1.807, 2.05) is 6.92 Å². The molecule has 1 saturated carbocycles. The number of morpholine rings is 1. The number of nitrogens with zero attached hydrogens (tertiary/aromatic N) is 1. The van der Waals surface area contributed by atoms with Crippen molar-refractivity contribution < 1.29 is 14.6 Å². The van der Waals surface area contributed by atoms with E-state index >= 15 is 0 Å². The van der Waals surface area contributed by atoms with Gasteiger partial charge in [-0.05, 0) is 19.8 Å². The third-order valence-corrected chi connectivity index (χ3v) is 3.69. The molecule has 0 aromatic carbocycles. The van der Waals surface area contributed by atoms with Gasteiger partial charge in [0.25, 0.3) is 0 Å². The summed E-state index contributed by atoms with van der Waals surface area (Å²) in [5.41, 5.74) is 0. The molecule has 2 aliphatic rings. The van der Waals surface area contributed by atoms with Crippen molar-refractivity contribution in [2.45, 2.75) is 50.9 Å². The Hall–Kier alpha value is -0.650. The number of ether oxygens (including phenoxy) is 1. The van der Waals surface area contributed by atoms with Crippen LogP contribution in [0.3, 0.4) is 0 Å². The Morgan fingerprint density at radius 1 is 1.39 bits per heavy atom. The van der Waals surface area contributed by atoms with Crippen LogP contribution in [0.1, 0.15) is 32.6 Å². The number of hydrogen-bond donors (Lipinski definition) is 2. The zero-order valence-corrected chi connectivity index (χ0v) is 11.1. The minimum atomic E-state index is -0.159. The Kier molecular flexibility index (Phi) is 4.97. The lowest BCUT2D eigenvalue weighted by atomic mass is 10.2. The van der Waals surface area contributed by atoms with Crippen molar-refractivity contribution in [1.29, 1.82) is 0 Å². The highest BCUT2D eigenvalue weighted by Gasteiger charge is 2.26. The molecule has 0 bridgehead atoms. The van der Waals surface area contributed by atoms with E-state index < -0.39 is 0 Å². The summed E-state index contributed by atoms with van der Waals surface area (Å²) in [4.78, 5) is 14.0. The summed E-state index contributed by atoms with van der Waals surface area (Å²) in [5, 5.41) is 12.2. The molecule has 5 nitrogen and oxygen atoms in total. The molecule has 104 valence electrons. The molecular weight excluding hydrogens is 232 g/mol. The van der Waals surface area contributed by atoms with E-state index in [0.717, 1.165) is 19.4 Å². The molecule has 0 aromatic heterocycles. The summed E-state index contributed by atoms with van der Waals surface area (Å²) in [7, 11) is 0. The largest absolute Gasteiger partial charge is 0.394 e. The van der Waals surface area contributed by atoms with E-state index in [2.05, 4.69) is 10.2 Å². The number of carbonyl (C=O) groups is 1. The van der Waals surface area contributed by atoms with Crippen LogP contribution < -0.4 is 5.32 Å². The van der Waals surface area contributed by atoms with Crippen LogP contribution in [-0.2, 0) is 9.53 Å². The minimum Gasteiger partial charge on any atom is -0.394 e. The fraction of sp³-hybridized carbons (Fsp3) is 0.923. The molecule has 0 spiro atoms. The van der Waals surface area contributed by atoms with Gasteiger partial charge in [0.05, 0.1) is 25.4 Å². The Balaban J connectivity index is 1.75. The zero-order valence-electron chi connectivity index (χ0n) is 11.1. The summed E-state index contributed by atoms with van der Waals surface area (Å²) >= 11 is 0. The molecule has 0 aromatic rings. The smallest absolute Gasteiger partial charge is 0.234 e. The van der Waals surface area contributed by atoms with Crippen LogP contribution in [0.2, 0.25) is 0 Å². The molecule has 2 atom stereocenters. The molecule has 1 saturated heterocycles. The molecule has 18 heavy (non-hydrogen) atoms. The lowest BCUT2D eigenvalue weighted by Gasteiger charge is -2.35. The van der Waals surface area contributed by atoms with E-state index in [-0.39, 0.29) is 24.7 Å². The molecule has 5 heteroatoms. The first-order valence-electron chi connectivity index (χ1n) is 6.95. The number of hydrogen-bond acceptors (Lipinski definition) is 4. The van der Waals surface area contributed by atoms with Crippen LogP contribution >= 0.6 is 0 Å². The molecule has 1 aliphatic heterocycles. The molecule has 2 N–H and O–H groups in total. The summed E-state index contributed by atoms with van der Waals surface area (Å²) in [6.07, 6.45) is 4.61. The summed E-state index contributed by atoms with van der Waals surface area (Å²) in [6.45, 7) is 3.81. The minimum absolute atomic E-state index is 0.0189. The number of aliphatic hydroxyl groups is 1. The highest BCUT2D eigenvalue weighted by Crippen LogP contribution is 2.17. The van der Waals surface area contributed by atoms with Gasteiger partial charge in [0.1, 0.15) is 0 Å². The Morgan fingerprint density at radius 3 is 2.78 bits per heavy atom. The van der Waals surface area contributed by atoms with E-state index in [4.69, 9.17) is 9.84 Å². The van der Waals surface area contributed by atoms with E-state index in [1.165, 1.54) is 12.8 Å². The summed E-state index contributed by atoms with van der Waals surface area (Å²) in [5.74, 6) is 0.104. The maximum Gasteiger partial charge on any atom is 0.234 e. The van der Waals surface area contributed by atoms with Gasteiger partial charge >= 0.3 is 0 Å². The van der Waals surface area contributed by atoms with Gasteiger partial charge in [-0.15, -0.1) is 0 Å². The Bertz CT molecular complexity index is 279. The molecule has 2 unspecified atom stereocenters. The van der Waals surface area contributed by atoms with Gasteiger partial charge in [-0.2, -0.15) is 0 Å². The lowest BCUT2D eigenvalue weighted by molar-refractivity contribution is -0.129. The Morgan fingerprint density at radius 2 is 2.11 bits per heavy atom. The van der Waals surface area contributed by atoms with Crippen molar-refractivity contribution in [2.75, 3.05) is 26.2 Å². The SMILES string of the molecule is CC1CN(CC(=O)NC2CCCC2)CC(CO)O1. The van der Waals surface area contributed by atoms with E-state index in [1.54, 1.807) is 0 Å². The highest BCUT2D eigenvalue weighted by molar-refractivity contribution is 5.78. The molecule has 2 rings (SSSR count). The number of nitrogens with one attached hydrogen (secondary N) is 1. The molecule has 1 heterocycles. The number of carbonyl (C=O) groups excluding carboxylic acids is 1. The zero-order chi connectivity index (χ0) is 13.0. The first kappa shape index (κ1) is 13.8. The normalized spacial score (nSPS) is 30.6. The predicted octanol–water partition coefficient (Wildman–Crippen LogP) is 0.127. The van der Waals surface area contributed by atoms with Gasteiger partial charge in [-0.1, -0.05) is 12.8 Å². The van der Waals surface area contributed by atoms with Crippen LogP contribution in [-0.4, -0.2) is 60.4 Å². The van der Waals surface area contributed by atoms with Crippen molar-refractivity contribution in [1.82, 2.24) is 10.2 Å². The van der Waals surface area contributed by atoms with Crippen LogP contribution in [0.15, 0.2) is 0 Å². The van der Waals surface area contributed by atoms with E-state index in [0.29, 0.717) is 19.1 Å². The molecule has 1 amide bonds. The second kappa shape index (κ2) is 6.50. The quantitative estimate of drug-likeness (QED) is 0.750. The van der Waals surface area contributed by atoms with Crippen molar-refractivity contribution in [2.24, 2.45) is 0 Å². The van der Waals surface area contributed by atoms with Gasteiger partial charge in [0.2, 0.25) is 5.91 Å². The number of rotatable bonds is 4. The third-order valence-electron chi connectivity index (χ3n) is 3.69. The first-order chi connectivity index (χ1) is 8.67.